The smallest absolute Gasteiger partial charge is 0.0640 e. The molecule has 1 heterocycles. The third-order valence-electron chi connectivity index (χ3n) is 10.2. The highest BCUT2D eigenvalue weighted by Gasteiger charge is 2.26. The Labute approximate surface area is 310 Å². The van der Waals surface area contributed by atoms with Crippen LogP contribution in [0.3, 0.4) is 0 Å². The first kappa shape index (κ1) is 32.0. The van der Waals surface area contributed by atoms with Gasteiger partial charge in [0.25, 0.3) is 0 Å². The Balaban J connectivity index is 1.39. The predicted molar refractivity (Wildman–Crippen MR) is 227 cm³/mol. The lowest BCUT2D eigenvalue weighted by Gasteiger charge is -2.32. The summed E-state index contributed by atoms with van der Waals surface area (Å²) >= 11 is 1.88. The molecule has 0 fully saturated rings. The lowest BCUT2D eigenvalue weighted by atomic mass is 9.84. The first-order valence-electron chi connectivity index (χ1n) is 18.0. The van der Waals surface area contributed by atoms with Crippen molar-refractivity contribution in [3.8, 4) is 33.4 Å². The minimum Gasteiger partial charge on any atom is -0.308 e. The van der Waals surface area contributed by atoms with E-state index in [-0.39, 0.29) is 5.41 Å². The van der Waals surface area contributed by atoms with Gasteiger partial charge >= 0.3 is 0 Å². The van der Waals surface area contributed by atoms with E-state index < -0.39 is 0 Å². The van der Waals surface area contributed by atoms with Crippen molar-refractivity contribution in [3.05, 3.63) is 188 Å². The highest BCUT2D eigenvalue weighted by atomic mass is 32.1. The molecule has 2 heteroatoms. The van der Waals surface area contributed by atoms with Crippen molar-refractivity contribution in [3.63, 3.8) is 0 Å². The fourth-order valence-electron chi connectivity index (χ4n) is 7.66. The van der Waals surface area contributed by atoms with E-state index in [2.05, 4.69) is 208 Å². The van der Waals surface area contributed by atoms with Crippen LogP contribution in [0.2, 0.25) is 0 Å². The van der Waals surface area contributed by atoms with Gasteiger partial charge in [0.15, 0.2) is 0 Å². The van der Waals surface area contributed by atoms with Crippen LogP contribution >= 0.6 is 11.3 Å². The minimum absolute atomic E-state index is 0.00686. The lowest BCUT2D eigenvalue weighted by Crippen LogP contribution is -2.15. The van der Waals surface area contributed by atoms with Crippen LogP contribution in [-0.2, 0) is 5.41 Å². The van der Waals surface area contributed by atoms with Gasteiger partial charge in [-0.3, -0.25) is 0 Å². The summed E-state index contributed by atoms with van der Waals surface area (Å²) in [4.78, 5) is 2.53. The van der Waals surface area contributed by atoms with Gasteiger partial charge < -0.3 is 4.90 Å². The van der Waals surface area contributed by atoms with Crippen LogP contribution in [0.4, 0.5) is 17.1 Å². The van der Waals surface area contributed by atoms with Crippen molar-refractivity contribution in [2.45, 2.75) is 26.2 Å². The van der Waals surface area contributed by atoms with E-state index in [1.807, 2.05) is 11.3 Å². The molecule has 0 radical (unpaired) electrons. The van der Waals surface area contributed by atoms with Crippen molar-refractivity contribution in [1.82, 2.24) is 0 Å². The van der Waals surface area contributed by atoms with Crippen LogP contribution in [-0.4, -0.2) is 0 Å². The Morgan fingerprint density at radius 3 is 1.73 bits per heavy atom. The van der Waals surface area contributed by atoms with Gasteiger partial charge in [0, 0.05) is 26.6 Å². The number of nitrogens with zero attached hydrogens (tertiary/aromatic N) is 1. The van der Waals surface area contributed by atoms with Gasteiger partial charge in [0.05, 0.1) is 21.8 Å². The zero-order valence-corrected chi connectivity index (χ0v) is 30.5. The molecule has 0 aliphatic carbocycles. The van der Waals surface area contributed by atoms with Crippen LogP contribution in [0.1, 0.15) is 26.3 Å². The van der Waals surface area contributed by atoms with Crippen LogP contribution in [0.15, 0.2) is 182 Å². The summed E-state index contributed by atoms with van der Waals surface area (Å²) in [6, 6.07) is 66.8. The zero-order chi connectivity index (χ0) is 35.2. The molecule has 0 aliphatic heterocycles. The molecular weight excluding hydrogens is 647 g/mol. The summed E-state index contributed by atoms with van der Waals surface area (Å²) in [5.74, 6) is 0. The second-order valence-corrected chi connectivity index (χ2v) is 15.6. The van der Waals surface area contributed by atoms with Gasteiger partial charge in [-0.15, -0.1) is 11.3 Å². The third kappa shape index (κ3) is 5.57. The normalized spacial score (nSPS) is 11.8. The molecule has 0 aliphatic rings. The lowest BCUT2D eigenvalue weighted by molar-refractivity contribution is 0.590. The van der Waals surface area contributed by atoms with Crippen molar-refractivity contribution < 1.29 is 0 Å². The third-order valence-corrected chi connectivity index (χ3v) is 11.4. The zero-order valence-electron chi connectivity index (χ0n) is 29.7. The average molecular weight is 686 g/mol. The molecule has 0 spiro atoms. The number of hydrogen-bond acceptors (Lipinski definition) is 2. The molecule has 1 nitrogen and oxygen atoms in total. The molecule has 0 bridgehead atoms. The Hall–Kier alpha value is -5.96. The molecule has 1 aromatic heterocycles. The predicted octanol–water partition coefficient (Wildman–Crippen LogP) is 15.0. The van der Waals surface area contributed by atoms with E-state index in [9.17, 15) is 0 Å². The quantitative estimate of drug-likeness (QED) is 0.168. The average Bonchev–Trinajstić information content (AvgIpc) is 3.58. The fourth-order valence-corrected chi connectivity index (χ4v) is 8.87. The summed E-state index contributed by atoms with van der Waals surface area (Å²) in [5, 5.41) is 5.07. The van der Waals surface area contributed by atoms with Gasteiger partial charge in [-0.1, -0.05) is 172 Å². The molecule has 9 aromatic rings. The van der Waals surface area contributed by atoms with Crippen LogP contribution in [0, 0.1) is 0 Å². The summed E-state index contributed by atoms with van der Waals surface area (Å²) in [6.07, 6.45) is 0. The topological polar surface area (TPSA) is 3.24 Å². The monoisotopic (exact) mass is 685 g/mol. The summed E-state index contributed by atoms with van der Waals surface area (Å²) in [7, 11) is 0. The number of benzene rings is 8. The van der Waals surface area contributed by atoms with Gasteiger partial charge in [-0.05, 0) is 74.3 Å². The van der Waals surface area contributed by atoms with Gasteiger partial charge in [0.1, 0.15) is 0 Å². The van der Waals surface area contributed by atoms with Crippen LogP contribution in [0.5, 0.6) is 0 Å². The van der Waals surface area contributed by atoms with Gasteiger partial charge in [-0.25, -0.2) is 0 Å². The van der Waals surface area contributed by atoms with E-state index in [0.717, 1.165) is 11.4 Å². The maximum absolute atomic E-state index is 2.53. The molecule has 0 saturated carbocycles. The second-order valence-electron chi connectivity index (χ2n) is 14.5. The number of thiophene rings is 1. The number of anilines is 3. The molecule has 0 atom stereocenters. The standard InChI is InChI=1S/C50H39NS/c1-50(2,3)37-31-32-45(43(33-37)35-19-8-5-9-20-35)51(46-29-16-27-42-40-24-11-13-30-47(40)52-49(42)46)44-28-12-10-23-39(44)41-26-15-22-36-21-14-25-38(48(36)41)34-17-6-4-7-18-34/h4-33H,1-3H3. The van der Waals surface area contributed by atoms with Gasteiger partial charge in [-0.2, -0.15) is 0 Å². The molecular formula is C50H39NS. The van der Waals surface area contributed by atoms with Crippen molar-refractivity contribution in [2.24, 2.45) is 0 Å². The maximum atomic E-state index is 2.53. The van der Waals surface area contributed by atoms with Crippen molar-refractivity contribution >= 4 is 59.3 Å². The van der Waals surface area contributed by atoms with E-state index in [1.54, 1.807) is 0 Å². The number of rotatable bonds is 6. The number of para-hydroxylation sites is 1. The van der Waals surface area contributed by atoms with E-state index in [0.29, 0.717) is 0 Å². The highest BCUT2D eigenvalue weighted by Crippen LogP contribution is 2.51. The van der Waals surface area contributed by atoms with Crippen molar-refractivity contribution in [2.75, 3.05) is 4.90 Å². The SMILES string of the molecule is CC(C)(C)c1ccc(N(c2ccccc2-c2cccc3cccc(-c4ccccc4)c23)c2cccc3c2sc2ccccc23)c(-c2ccccc2)c1. The fraction of sp³-hybridized carbons (Fsp3) is 0.0800. The second kappa shape index (κ2) is 13.0. The molecule has 0 amide bonds. The molecule has 0 N–H and O–H groups in total. The first-order valence-corrected chi connectivity index (χ1v) is 18.8. The Morgan fingerprint density at radius 1 is 0.423 bits per heavy atom. The number of hydrogen-bond donors (Lipinski definition) is 0. The Kier molecular flexibility index (Phi) is 7.98. The van der Waals surface area contributed by atoms with Crippen LogP contribution < -0.4 is 4.90 Å². The summed E-state index contributed by atoms with van der Waals surface area (Å²) in [6.45, 7) is 6.89. The van der Waals surface area contributed by atoms with E-state index in [1.165, 1.54) is 75.6 Å². The van der Waals surface area contributed by atoms with E-state index >= 15 is 0 Å². The summed E-state index contributed by atoms with van der Waals surface area (Å²) < 4.78 is 2.58. The Bertz CT molecular complexity index is 2710. The number of fused-ring (bicyclic) bond motifs is 4. The van der Waals surface area contributed by atoms with Crippen LogP contribution in [0.25, 0.3) is 64.3 Å². The van der Waals surface area contributed by atoms with Gasteiger partial charge in [0.2, 0.25) is 0 Å². The molecule has 8 aromatic carbocycles. The van der Waals surface area contributed by atoms with Crippen molar-refractivity contribution in [1.29, 1.82) is 0 Å². The molecule has 0 saturated heterocycles. The minimum atomic E-state index is -0.00686. The summed E-state index contributed by atoms with van der Waals surface area (Å²) in [5.41, 5.74) is 12.0. The molecule has 250 valence electrons. The van der Waals surface area contributed by atoms with E-state index in [4.69, 9.17) is 0 Å². The highest BCUT2D eigenvalue weighted by molar-refractivity contribution is 7.26. The molecule has 9 rings (SSSR count). The first-order chi connectivity index (χ1) is 25.5. The largest absolute Gasteiger partial charge is 0.308 e. The molecule has 0 unspecified atom stereocenters. The maximum Gasteiger partial charge on any atom is 0.0640 e. The molecule has 52 heavy (non-hydrogen) atoms. The Morgan fingerprint density at radius 2 is 0.981 bits per heavy atom.